The first kappa shape index (κ1) is 18.2. The Morgan fingerprint density at radius 2 is 1.86 bits per heavy atom. The topological polar surface area (TPSA) is 20.3 Å². The molecule has 22 heavy (non-hydrogen) atoms. The molecule has 0 N–H and O–H groups in total. The van der Waals surface area contributed by atoms with Gasteiger partial charge >= 0.3 is 0 Å². The van der Waals surface area contributed by atoms with E-state index in [1.807, 2.05) is 20.2 Å². The van der Waals surface area contributed by atoms with E-state index in [2.05, 4.69) is 49.4 Å². The Kier molecular flexibility index (Phi) is 8.97. The Hall–Kier alpha value is -1.83. The lowest BCUT2D eigenvalue weighted by Crippen LogP contribution is -2.21. The number of hydrogen-bond acceptors (Lipinski definition) is 1. The van der Waals surface area contributed by atoms with Crippen molar-refractivity contribution in [1.82, 2.24) is 4.90 Å². The zero-order chi connectivity index (χ0) is 16.2. The van der Waals surface area contributed by atoms with E-state index in [0.717, 1.165) is 24.8 Å². The second kappa shape index (κ2) is 10.8. The van der Waals surface area contributed by atoms with Crippen LogP contribution < -0.4 is 0 Å². The lowest BCUT2D eigenvalue weighted by molar-refractivity contribution is -0.127. The predicted molar refractivity (Wildman–Crippen MR) is 94.8 cm³/mol. The van der Waals surface area contributed by atoms with Gasteiger partial charge in [0.2, 0.25) is 5.91 Å². The first-order valence-electron chi connectivity index (χ1n) is 8.23. The van der Waals surface area contributed by atoms with Gasteiger partial charge in [0.1, 0.15) is 0 Å². The molecule has 1 aromatic rings. The third-order valence-electron chi connectivity index (χ3n) is 3.59. The number of unbranched alkanes of at least 4 members (excludes halogenated alkanes) is 2. The van der Waals surface area contributed by atoms with Crippen LogP contribution in [0.5, 0.6) is 0 Å². The zero-order valence-electron chi connectivity index (χ0n) is 14.2. The smallest absolute Gasteiger partial charge is 0.226 e. The first-order chi connectivity index (χ1) is 10.6. The van der Waals surface area contributed by atoms with Crippen LogP contribution in [0.4, 0.5) is 0 Å². The minimum Gasteiger partial charge on any atom is -0.349 e. The van der Waals surface area contributed by atoms with Crippen molar-refractivity contribution < 1.29 is 4.79 Å². The van der Waals surface area contributed by atoms with Crippen molar-refractivity contribution in [3.63, 3.8) is 0 Å². The lowest BCUT2D eigenvalue weighted by atomic mass is 10.1. The Labute approximate surface area is 135 Å². The Bertz CT molecular complexity index is 486. The molecular formula is C20H29NO. The van der Waals surface area contributed by atoms with E-state index in [9.17, 15) is 4.79 Å². The van der Waals surface area contributed by atoms with Crippen molar-refractivity contribution in [2.24, 2.45) is 0 Å². The molecule has 1 aromatic carbocycles. The van der Waals surface area contributed by atoms with Crippen LogP contribution in [-0.4, -0.2) is 24.9 Å². The molecule has 0 atom stereocenters. The standard InChI is InChI=1S/C20H29NO/c1-4-5-7-15-19(17-20(22)21(2)3)16-11-10-14-18-12-8-6-9-13-18/h6,8-9,11-13,15-16H,4-5,7,10,14,17H2,1-3H3/b16-11+,19-15-. The minimum atomic E-state index is 0.162. The van der Waals surface area contributed by atoms with Crippen molar-refractivity contribution >= 4 is 5.91 Å². The Morgan fingerprint density at radius 1 is 1.14 bits per heavy atom. The van der Waals surface area contributed by atoms with Crippen LogP contribution in [0.25, 0.3) is 0 Å². The zero-order valence-corrected chi connectivity index (χ0v) is 14.2. The highest BCUT2D eigenvalue weighted by molar-refractivity contribution is 5.78. The monoisotopic (exact) mass is 299 g/mol. The van der Waals surface area contributed by atoms with Crippen molar-refractivity contribution in [3.8, 4) is 0 Å². The highest BCUT2D eigenvalue weighted by atomic mass is 16.2. The maximum absolute atomic E-state index is 11.9. The van der Waals surface area contributed by atoms with Gasteiger partial charge in [0.15, 0.2) is 0 Å². The number of aryl methyl sites for hydroxylation is 1. The second-order valence-electron chi connectivity index (χ2n) is 5.81. The molecule has 0 saturated carbocycles. The van der Waals surface area contributed by atoms with Gasteiger partial charge in [-0.25, -0.2) is 0 Å². The number of rotatable bonds is 9. The first-order valence-corrected chi connectivity index (χ1v) is 8.23. The molecule has 2 heteroatoms. The summed E-state index contributed by atoms with van der Waals surface area (Å²) < 4.78 is 0. The number of amides is 1. The molecule has 0 saturated heterocycles. The van der Waals surface area contributed by atoms with E-state index in [0.29, 0.717) is 6.42 Å². The summed E-state index contributed by atoms with van der Waals surface area (Å²) in [6.07, 6.45) is 12.5. The van der Waals surface area contributed by atoms with Gasteiger partial charge in [0, 0.05) is 14.1 Å². The summed E-state index contributed by atoms with van der Waals surface area (Å²) in [6, 6.07) is 10.5. The highest BCUT2D eigenvalue weighted by Gasteiger charge is 2.05. The molecule has 0 aliphatic carbocycles. The van der Waals surface area contributed by atoms with Crippen LogP contribution in [-0.2, 0) is 11.2 Å². The van der Waals surface area contributed by atoms with Crippen LogP contribution in [0.3, 0.4) is 0 Å². The summed E-state index contributed by atoms with van der Waals surface area (Å²) in [7, 11) is 3.62. The molecule has 1 rings (SSSR count). The Morgan fingerprint density at radius 3 is 2.50 bits per heavy atom. The normalized spacial score (nSPS) is 11.9. The fourth-order valence-corrected chi connectivity index (χ4v) is 2.15. The molecule has 0 fully saturated rings. The number of allylic oxidation sites excluding steroid dienone is 3. The molecule has 0 aliphatic heterocycles. The molecular weight excluding hydrogens is 270 g/mol. The average molecular weight is 299 g/mol. The van der Waals surface area contributed by atoms with Gasteiger partial charge in [-0.2, -0.15) is 0 Å². The maximum Gasteiger partial charge on any atom is 0.226 e. The maximum atomic E-state index is 11.9. The van der Waals surface area contributed by atoms with E-state index in [4.69, 9.17) is 0 Å². The summed E-state index contributed by atoms with van der Waals surface area (Å²) in [4.78, 5) is 13.5. The number of nitrogens with zero attached hydrogens (tertiary/aromatic N) is 1. The van der Waals surface area contributed by atoms with Crippen molar-refractivity contribution in [2.75, 3.05) is 14.1 Å². The van der Waals surface area contributed by atoms with Gasteiger partial charge in [-0.1, -0.05) is 68.3 Å². The molecule has 0 heterocycles. The van der Waals surface area contributed by atoms with Crippen LogP contribution in [0, 0.1) is 0 Å². The van der Waals surface area contributed by atoms with Gasteiger partial charge < -0.3 is 4.90 Å². The summed E-state index contributed by atoms with van der Waals surface area (Å²) in [5.41, 5.74) is 2.49. The number of carbonyl (C=O) groups is 1. The van der Waals surface area contributed by atoms with E-state index in [-0.39, 0.29) is 5.91 Å². The van der Waals surface area contributed by atoms with Crippen molar-refractivity contribution in [2.45, 2.75) is 45.4 Å². The third-order valence-corrected chi connectivity index (χ3v) is 3.59. The fraction of sp³-hybridized carbons (Fsp3) is 0.450. The van der Waals surface area contributed by atoms with Crippen LogP contribution in [0.2, 0.25) is 0 Å². The minimum absolute atomic E-state index is 0.162. The van der Waals surface area contributed by atoms with Gasteiger partial charge in [-0.3, -0.25) is 4.79 Å². The van der Waals surface area contributed by atoms with Gasteiger partial charge in [-0.05, 0) is 30.4 Å². The quantitative estimate of drug-likeness (QED) is 0.475. The van der Waals surface area contributed by atoms with Crippen molar-refractivity contribution in [3.05, 3.63) is 59.7 Å². The van der Waals surface area contributed by atoms with Crippen LogP contribution in [0.15, 0.2) is 54.1 Å². The molecule has 1 amide bonds. The SMILES string of the molecule is CCCC/C=C(/C=C/CCc1ccccc1)CC(=O)N(C)C. The van der Waals surface area contributed by atoms with E-state index >= 15 is 0 Å². The number of carbonyl (C=O) groups excluding carboxylic acids is 1. The summed E-state index contributed by atoms with van der Waals surface area (Å²) in [6.45, 7) is 2.19. The number of benzene rings is 1. The van der Waals surface area contributed by atoms with E-state index in [1.54, 1.807) is 4.90 Å². The fourth-order valence-electron chi connectivity index (χ4n) is 2.15. The molecule has 0 aliphatic rings. The number of hydrogen-bond donors (Lipinski definition) is 0. The Balaban J connectivity index is 2.53. The van der Waals surface area contributed by atoms with Gasteiger partial charge in [-0.15, -0.1) is 0 Å². The molecule has 120 valence electrons. The molecule has 2 nitrogen and oxygen atoms in total. The van der Waals surface area contributed by atoms with Crippen molar-refractivity contribution in [1.29, 1.82) is 0 Å². The van der Waals surface area contributed by atoms with Crippen LogP contribution >= 0.6 is 0 Å². The second-order valence-corrected chi connectivity index (χ2v) is 5.81. The molecule has 0 radical (unpaired) electrons. The van der Waals surface area contributed by atoms with E-state index < -0.39 is 0 Å². The molecule has 0 bridgehead atoms. The molecule has 0 spiro atoms. The third kappa shape index (κ3) is 7.82. The summed E-state index contributed by atoms with van der Waals surface area (Å²) >= 11 is 0. The lowest BCUT2D eigenvalue weighted by Gasteiger charge is -2.10. The molecule has 0 aromatic heterocycles. The molecule has 0 unspecified atom stereocenters. The highest BCUT2D eigenvalue weighted by Crippen LogP contribution is 2.11. The van der Waals surface area contributed by atoms with Gasteiger partial charge in [0.25, 0.3) is 0 Å². The summed E-state index contributed by atoms with van der Waals surface area (Å²) in [5.74, 6) is 0.162. The largest absolute Gasteiger partial charge is 0.349 e. The summed E-state index contributed by atoms with van der Waals surface area (Å²) in [5, 5.41) is 0. The van der Waals surface area contributed by atoms with Crippen LogP contribution in [0.1, 0.15) is 44.6 Å². The predicted octanol–water partition coefficient (Wildman–Crippen LogP) is 4.77. The average Bonchev–Trinajstić information content (AvgIpc) is 2.52. The van der Waals surface area contributed by atoms with E-state index in [1.165, 1.54) is 18.4 Å². The van der Waals surface area contributed by atoms with Gasteiger partial charge in [0.05, 0.1) is 6.42 Å².